The van der Waals surface area contributed by atoms with Crippen LogP contribution < -0.4 is 4.90 Å². The molecule has 3 rings (SSSR count). The van der Waals surface area contributed by atoms with Gasteiger partial charge in [0.15, 0.2) is 0 Å². The molecule has 1 aromatic heterocycles. The van der Waals surface area contributed by atoms with Crippen molar-refractivity contribution in [2.45, 2.75) is 32.6 Å². The summed E-state index contributed by atoms with van der Waals surface area (Å²) in [5.74, 6) is 2.04. The van der Waals surface area contributed by atoms with Crippen molar-refractivity contribution in [1.29, 1.82) is 0 Å². The lowest BCUT2D eigenvalue weighted by atomic mass is 9.94. The smallest absolute Gasteiger partial charge is 0.228 e. The maximum absolute atomic E-state index is 12.7. The van der Waals surface area contributed by atoms with Gasteiger partial charge in [0.1, 0.15) is 5.82 Å². The molecule has 132 valence electrons. The first-order valence-electron chi connectivity index (χ1n) is 9.30. The molecule has 2 aliphatic rings. The van der Waals surface area contributed by atoms with E-state index in [1.54, 1.807) is 0 Å². The summed E-state index contributed by atoms with van der Waals surface area (Å²) >= 11 is 0. The summed E-state index contributed by atoms with van der Waals surface area (Å²) in [6, 6.07) is 6.07. The maximum atomic E-state index is 12.7. The van der Waals surface area contributed by atoms with E-state index in [9.17, 15) is 4.79 Å². The quantitative estimate of drug-likeness (QED) is 0.832. The summed E-state index contributed by atoms with van der Waals surface area (Å²) in [5.41, 5.74) is 0. The summed E-state index contributed by atoms with van der Waals surface area (Å²) in [6.07, 6.45) is 6.10. The Bertz CT molecular complexity index is 509. The van der Waals surface area contributed by atoms with E-state index in [1.165, 1.54) is 0 Å². The largest absolute Gasteiger partial charge is 0.381 e. The van der Waals surface area contributed by atoms with Crippen LogP contribution in [0.4, 0.5) is 5.82 Å². The maximum Gasteiger partial charge on any atom is 0.228 e. The molecular weight excluding hydrogens is 302 g/mol. The molecule has 0 radical (unpaired) electrons. The molecule has 0 aromatic carbocycles. The predicted molar refractivity (Wildman–Crippen MR) is 95.0 cm³/mol. The van der Waals surface area contributed by atoms with Gasteiger partial charge >= 0.3 is 0 Å². The summed E-state index contributed by atoms with van der Waals surface area (Å²) in [6.45, 7) is 7.25. The van der Waals surface area contributed by atoms with Gasteiger partial charge in [0.2, 0.25) is 5.91 Å². The van der Waals surface area contributed by atoms with E-state index < -0.39 is 0 Å². The van der Waals surface area contributed by atoms with Crippen LogP contribution in [0.25, 0.3) is 0 Å². The number of carbonyl (C=O) groups excluding carboxylic acids is 1. The van der Waals surface area contributed by atoms with Crippen molar-refractivity contribution in [2.75, 3.05) is 44.3 Å². The molecule has 1 amide bonds. The Labute approximate surface area is 145 Å². The molecule has 0 unspecified atom stereocenters. The number of aromatic nitrogens is 1. The van der Waals surface area contributed by atoms with E-state index in [-0.39, 0.29) is 5.92 Å². The topological polar surface area (TPSA) is 45.7 Å². The number of nitrogens with zero attached hydrogens (tertiary/aromatic N) is 3. The molecule has 5 heteroatoms. The first kappa shape index (κ1) is 17.2. The molecule has 5 nitrogen and oxygen atoms in total. The van der Waals surface area contributed by atoms with Gasteiger partial charge < -0.3 is 14.5 Å². The molecule has 0 N–H and O–H groups in total. The van der Waals surface area contributed by atoms with E-state index in [0.717, 1.165) is 64.3 Å². The number of ether oxygens (including phenoxy) is 1. The number of anilines is 1. The second-order valence-corrected chi connectivity index (χ2v) is 6.91. The Morgan fingerprint density at radius 3 is 2.79 bits per heavy atom. The molecule has 0 bridgehead atoms. The summed E-state index contributed by atoms with van der Waals surface area (Å²) in [5, 5.41) is 0. The highest BCUT2D eigenvalue weighted by Gasteiger charge is 2.28. The molecule has 2 fully saturated rings. The Morgan fingerprint density at radius 2 is 2.17 bits per heavy atom. The number of hydrogen-bond acceptors (Lipinski definition) is 4. The molecule has 24 heavy (non-hydrogen) atoms. The highest BCUT2D eigenvalue weighted by Crippen LogP contribution is 2.24. The molecule has 0 spiro atoms. The Kier molecular flexibility index (Phi) is 6.07. The van der Waals surface area contributed by atoms with Gasteiger partial charge in [-0.15, -0.1) is 0 Å². The fraction of sp³-hybridized carbons (Fsp3) is 0.684. The van der Waals surface area contributed by atoms with Crippen molar-refractivity contribution in [3.63, 3.8) is 0 Å². The summed E-state index contributed by atoms with van der Waals surface area (Å²) in [4.78, 5) is 21.6. The lowest BCUT2D eigenvalue weighted by Crippen LogP contribution is -2.44. The minimum atomic E-state index is 0.0762. The van der Waals surface area contributed by atoms with Crippen LogP contribution in [0.3, 0.4) is 0 Å². The van der Waals surface area contributed by atoms with Crippen LogP contribution in [0.5, 0.6) is 0 Å². The van der Waals surface area contributed by atoms with Crippen molar-refractivity contribution in [2.24, 2.45) is 11.8 Å². The van der Waals surface area contributed by atoms with Gasteiger partial charge in [-0.1, -0.05) is 6.07 Å². The van der Waals surface area contributed by atoms with Crippen molar-refractivity contribution >= 4 is 11.7 Å². The van der Waals surface area contributed by atoms with Crippen LogP contribution in [0.1, 0.15) is 32.6 Å². The minimum Gasteiger partial charge on any atom is -0.381 e. The number of pyridine rings is 1. The van der Waals surface area contributed by atoms with Gasteiger partial charge in [-0.2, -0.15) is 0 Å². The third kappa shape index (κ3) is 4.26. The average Bonchev–Trinajstić information content (AvgIpc) is 2.67. The second-order valence-electron chi connectivity index (χ2n) is 6.91. The fourth-order valence-corrected chi connectivity index (χ4v) is 3.77. The second kappa shape index (κ2) is 8.47. The molecule has 2 saturated heterocycles. The van der Waals surface area contributed by atoms with Crippen molar-refractivity contribution in [3.8, 4) is 0 Å². The van der Waals surface area contributed by atoms with Crippen LogP contribution in [-0.4, -0.2) is 55.2 Å². The zero-order valence-electron chi connectivity index (χ0n) is 14.7. The van der Waals surface area contributed by atoms with Crippen molar-refractivity contribution in [1.82, 2.24) is 9.88 Å². The zero-order chi connectivity index (χ0) is 16.8. The van der Waals surface area contributed by atoms with E-state index in [4.69, 9.17) is 4.74 Å². The monoisotopic (exact) mass is 331 g/mol. The third-order valence-corrected chi connectivity index (χ3v) is 5.27. The number of carbonyl (C=O) groups is 1. The van der Waals surface area contributed by atoms with Gasteiger partial charge in [0.05, 0.1) is 12.5 Å². The molecular formula is C19H29N3O2. The van der Waals surface area contributed by atoms with Crippen LogP contribution in [0, 0.1) is 11.8 Å². The molecule has 0 aliphatic carbocycles. The van der Waals surface area contributed by atoms with Crippen LogP contribution in [0.15, 0.2) is 24.4 Å². The SMILES string of the molecule is CCN(CC1CCN(c2ccccn2)CC1)C(=O)[C@@H]1CCCOC1. The normalized spacial score (nSPS) is 22.4. The Hall–Kier alpha value is -1.62. The van der Waals surface area contributed by atoms with Gasteiger partial charge in [-0.25, -0.2) is 4.98 Å². The lowest BCUT2D eigenvalue weighted by molar-refractivity contribution is -0.140. The molecule has 1 atom stereocenters. The lowest BCUT2D eigenvalue weighted by Gasteiger charge is -2.36. The highest BCUT2D eigenvalue weighted by atomic mass is 16.5. The fourth-order valence-electron chi connectivity index (χ4n) is 3.77. The number of rotatable bonds is 5. The predicted octanol–water partition coefficient (Wildman–Crippen LogP) is 2.57. The standard InChI is InChI=1S/C19H29N3O2/c1-2-21(19(23)17-6-5-13-24-15-17)14-16-8-11-22(12-9-16)18-7-3-4-10-20-18/h3-4,7,10,16-17H,2,5-6,8-9,11-15H2,1H3/t17-/m1/s1. The van der Waals surface area contributed by atoms with E-state index in [1.807, 2.05) is 18.3 Å². The molecule has 0 saturated carbocycles. The zero-order valence-corrected chi connectivity index (χ0v) is 14.7. The third-order valence-electron chi connectivity index (χ3n) is 5.27. The van der Waals surface area contributed by atoms with Gasteiger partial charge in [0, 0.05) is 39.0 Å². The first-order chi connectivity index (χ1) is 11.8. The highest BCUT2D eigenvalue weighted by molar-refractivity contribution is 5.79. The van der Waals surface area contributed by atoms with Gasteiger partial charge in [0.25, 0.3) is 0 Å². The number of hydrogen-bond donors (Lipinski definition) is 0. The van der Waals surface area contributed by atoms with E-state index in [2.05, 4.69) is 27.8 Å². The molecule has 3 heterocycles. The van der Waals surface area contributed by atoms with Crippen LogP contribution >= 0.6 is 0 Å². The van der Waals surface area contributed by atoms with Gasteiger partial charge in [-0.05, 0) is 50.7 Å². The van der Waals surface area contributed by atoms with Gasteiger partial charge in [-0.3, -0.25) is 4.79 Å². The van der Waals surface area contributed by atoms with Crippen LogP contribution in [-0.2, 0) is 9.53 Å². The average molecular weight is 331 g/mol. The van der Waals surface area contributed by atoms with E-state index in [0.29, 0.717) is 18.4 Å². The number of amides is 1. The Balaban J connectivity index is 1.49. The molecule has 1 aromatic rings. The molecule has 2 aliphatic heterocycles. The summed E-state index contributed by atoms with van der Waals surface area (Å²) < 4.78 is 5.49. The van der Waals surface area contributed by atoms with E-state index >= 15 is 0 Å². The van der Waals surface area contributed by atoms with Crippen molar-refractivity contribution in [3.05, 3.63) is 24.4 Å². The number of piperidine rings is 1. The Morgan fingerprint density at radius 1 is 1.33 bits per heavy atom. The summed E-state index contributed by atoms with van der Waals surface area (Å²) in [7, 11) is 0. The van der Waals surface area contributed by atoms with Crippen molar-refractivity contribution < 1.29 is 9.53 Å². The minimum absolute atomic E-state index is 0.0762. The first-order valence-corrected chi connectivity index (χ1v) is 9.30. The van der Waals surface area contributed by atoms with Crippen LogP contribution in [0.2, 0.25) is 0 Å².